The molecule has 1 fully saturated rings. The van der Waals surface area contributed by atoms with Crippen molar-refractivity contribution in [3.05, 3.63) is 59.1 Å². The first-order valence-corrected chi connectivity index (χ1v) is 8.10. The molecule has 7 heteroatoms. The molecule has 0 aliphatic heterocycles. The SMILES string of the molecule is O=C(c1ccoc1)c1c(OC2CCCC2)nc2ccc(F)cc2[n+]1[O-]. The summed E-state index contributed by atoms with van der Waals surface area (Å²) in [5.41, 5.74) is 0.198. The largest absolute Gasteiger partial charge is 0.618 e. The molecule has 1 aliphatic rings. The van der Waals surface area contributed by atoms with Gasteiger partial charge in [-0.25, -0.2) is 9.37 Å². The van der Waals surface area contributed by atoms with E-state index in [2.05, 4.69) is 4.98 Å². The van der Waals surface area contributed by atoms with Gasteiger partial charge in [-0.15, -0.1) is 0 Å². The summed E-state index contributed by atoms with van der Waals surface area (Å²) in [6.45, 7) is 0. The van der Waals surface area contributed by atoms with Crippen LogP contribution >= 0.6 is 0 Å². The summed E-state index contributed by atoms with van der Waals surface area (Å²) < 4.78 is 24.7. The first-order chi connectivity index (χ1) is 12.1. The summed E-state index contributed by atoms with van der Waals surface area (Å²) in [6, 6.07) is 5.12. The molecule has 0 bridgehead atoms. The normalized spacial score (nSPS) is 14.9. The van der Waals surface area contributed by atoms with Gasteiger partial charge < -0.3 is 14.4 Å². The highest BCUT2D eigenvalue weighted by atomic mass is 19.1. The number of ether oxygens (including phenoxy) is 1. The number of nitrogens with zero attached hydrogens (tertiary/aromatic N) is 2. The fourth-order valence-corrected chi connectivity index (χ4v) is 3.09. The van der Waals surface area contributed by atoms with E-state index in [0.29, 0.717) is 4.73 Å². The Labute approximate surface area is 142 Å². The van der Waals surface area contributed by atoms with Crippen LogP contribution in [0.25, 0.3) is 11.0 Å². The zero-order valence-electron chi connectivity index (χ0n) is 13.3. The summed E-state index contributed by atoms with van der Waals surface area (Å²) >= 11 is 0. The zero-order chi connectivity index (χ0) is 17.4. The van der Waals surface area contributed by atoms with Crippen molar-refractivity contribution in [1.82, 2.24) is 4.98 Å². The van der Waals surface area contributed by atoms with Gasteiger partial charge in [0, 0.05) is 6.07 Å². The summed E-state index contributed by atoms with van der Waals surface area (Å²) in [7, 11) is 0. The van der Waals surface area contributed by atoms with Crippen molar-refractivity contribution < 1.29 is 23.1 Å². The molecule has 2 aromatic heterocycles. The molecular weight excluding hydrogens is 327 g/mol. The van der Waals surface area contributed by atoms with Crippen LogP contribution in [0.5, 0.6) is 5.88 Å². The highest BCUT2D eigenvalue weighted by Gasteiger charge is 2.31. The van der Waals surface area contributed by atoms with Crippen molar-refractivity contribution >= 4 is 16.8 Å². The van der Waals surface area contributed by atoms with E-state index in [1.807, 2.05) is 0 Å². The van der Waals surface area contributed by atoms with Gasteiger partial charge in [-0.1, -0.05) is 0 Å². The lowest BCUT2D eigenvalue weighted by Crippen LogP contribution is -2.37. The third-order valence-corrected chi connectivity index (χ3v) is 4.36. The highest BCUT2D eigenvalue weighted by Crippen LogP contribution is 2.27. The molecule has 2 heterocycles. The van der Waals surface area contributed by atoms with Crippen LogP contribution in [0.4, 0.5) is 4.39 Å². The fraction of sp³-hybridized carbons (Fsp3) is 0.278. The monoisotopic (exact) mass is 342 g/mol. The van der Waals surface area contributed by atoms with E-state index in [4.69, 9.17) is 9.15 Å². The first kappa shape index (κ1) is 15.6. The first-order valence-electron chi connectivity index (χ1n) is 8.10. The van der Waals surface area contributed by atoms with Gasteiger partial charge in [-0.3, -0.25) is 4.79 Å². The number of benzene rings is 1. The van der Waals surface area contributed by atoms with Crippen molar-refractivity contribution in [3.8, 4) is 5.88 Å². The van der Waals surface area contributed by atoms with E-state index in [1.165, 1.54) is 30.7 Å². The zero-order valence-corrected chi connectivity index (χ0v) is 13.3. The van der Waals surface area contributed by atoms with E-state index in [-0.39, 0.29) is 34.3 Å². The molecule has 1 saturated carbocycles. The Kier molecular flexibility index (Phi) is 3.83. The topological polar surface area (TPSA) is 79.3 Å². The number of aromatic nitrogens is 2. The molecule has 0 spiro atoms. The van der Waals surface area contributed by atoms with E-state index in [0.717, 1.165) is 31.7 Å². The van der Waals surface area contributed by atoms with Crippen molar-refractivity contribution in [2.45, 2.75) is 31.8 Å². The van der Waals surface area contributed by atoms with Crippen LogP contribution in [0, 0.1) is 11.0 Å². The molecule has 0 unspecified atom stereocenters. The highest BCUT2D eigenvalue weighted by molar-refractivity contribution is 6.08. The Morgan fingerprint density at radius 3 is 2.84 bits per heavy atom. The van der Waals surface area contributed by atoms with E-state index in [9.17, 15) is 14.4 Å². The minimum Gasteiger partial charge on any atom is -0.618 e. The van der Waals surface area contributed by atoms with Gasteiger partial charge in [0.15, 0.2) is 0 Å². The van der Waals surface area contributed by atoms with Gasteiger partial charge in [0.25, 0.3) is 11.7 Å². The lowest BCUT2D eigenvalue weighted by atomic mass is 10.1. The van der Waals surface area contributed by atoms with E-state index < -0.39 is 11.6 Å². The molecule has 4 rings (SSSR count). The third-order valence-electron chi connectivity index (χ3n) is 4.36. The van der Waals surface area contributed by atoms with Crippen LogP contribution in [-0.2, 0) is 0 Å². The molecule has 0 N–H and O–H groups in total. The predicted octanol–water partition coefficient (Wildman–Crippen LogP) is 3.15. The smallest absolute Gasteiger partial charge is 0.328 e. The minimum atomic E-state index is -0.579. The summed E-state index contributed by atoms with van der Waals surface area (Å²) in [5.74, 6) is -1.17. The number of halogens is 1. The van der Waals surface area contributed by atoms with Crippen molar-refractivity contribution in [2.24, 2.45) is 0 Å². The molecule has 1 aromatic carbocycles. The number of furan rings is 1. The molecular formula is C18H15FN2O4. The van der Waals surface area contributed by atoms with Gasteiger partial charge in [0.1, 0.15) is 23.7 Å². The second-order valence-electron chi connectivity index (χ2n) is 6.06. The van der Waals surface area contributed by atoms with Crippen molar-refractivity contribution in [3.63, 3.8) is 0 Å². The third kappa shape index (κ3) is 2.82. The Morgan fingerprint density at radius 2 is 2.12 bits per heavy atom. The van der Waals surface area contributed by atoms with Crippen LogP contribution < -0.4 is 9.47 Å². The van der Waals surface area contributed by atoms with Crippen LogP contribution in [0.15, 0.2) is 41.2 Å². The maximum atomic E-state index is 13.5. The van der Waals surface area contributed by atoms with E-state index >= 15 is 0 Å². The lowest BCUT2D eigenvalue weighted by Gasteiger charge is -2.15. The lowest BCUT2D eigenvalue weighted by molar-refractivity contribution is -0.580. The molecule has 6 nitrogen and oxygen atoms in total. The molecule has 0 amide bonds. The predicted molar refractivity (Wildman–Crippen MR) is 85.7 cm³/mol. The molecule has 0 radical (unpaired) electrons. The Morgan fingerprint density at radius 1 is 1.32 bits per heavy atom. The van der Waals surface area contributed by atoms with E-state index in [1.54, 1.807) is 0 Å². The number of hydrogen-bond acceptors (Lipinski definition) is 5. The number of hydrogen-bond donors (Lipinski definition) is 0. The molecule has 0 atom stereocenters. The molecule has 1 aliphatic carbocycles. The molecule has 25 heavy (non-hydrogen) atoms. The van der Waals surface area contributed by atoms with Crippen molar-refractivity contribution in [2.75, 3.05) is 0 Å². The molecule has 0 saturated heterocycles. The summed E-state index contributed by atoms with van der Waals surface area (Å²) in [5, 5.41) is 12.8. The Hall–Kier alpha value is -2.96. The number of fused-ring (bicyclic) bond motifs is 1. The number of carbonyl (C=O) groups is 1. The standard InChI is InChI=1S/C18H15FN2O4/c19-12-5-6-14-15(9-12)21(23)16(17(22)11-7-8-24-10-11)18(20-14)25-13-3-1-2-4-13/h5-10,13H,1-4H2. The molecule has 3 aromatic rings. The second kappa shape index (κ2) is 6.16. The maximum absolute atomic E-state index is 13.5. The van der Waals surface area contributed by atoms with Crippen LogP contribution in [0.3, 0.4) is 0 Å². The van der Waals surface area contributed by atoms with Crippen LogP contribution in [0.2, 0.25) is 0 Å². The maximum Gasteiger partial charge on any atom is 0.328 e. The Bertz CT molecular complexity index is 934. The van der Waals surface area contributed by atoms with Crippen molar-refractivity contribution in [1.29, 1.82) is 0 Å². The number of carbonyl (C=O) groups excluding carboxylic acids is 1. The second-order valence-corrected chi connectivity index (χ2v) is 6.06. The van der Waals surface area contributed by atoms with Gasteiger partial charge in [-0.05, 0) is 43.9 Å². The average molecular weight is 342 g/mol. The Balaban J connectivity index is 1.89. The van der Waals surface area contributed by atoms with Gasteiger partial charge in [0.05, 0.1) is 11.8 Å². The number of ketones is 1. The fourth-order valence-electron chi connectivity index (χ4n) is 3.09. The molecule has 128 valence electrons. The van der Waals surface area contributed by atoms with Crippen LogP contribution in [-0.4, -0.2) is 16.9 Å². The van der Waals surface area contributed by atoms with Gasteiger partial charge in [0.2, 0.25) is 5.52 Å². The minimum absolute atomic E-state index is 0.0211. The van der Waals surface area contributed by atoms with Crippen LogP contribution in [0.1, 0.15) is 41.7 Å². The quantitative estimate of drug-likeness (QED) is 0.413. The number of rotatable bonds is 4. The summed E-state index contributed by atoms with van der Waals surface area (Å²) in [6.07, 6.45) is 6.27. The van der Waals surface area contributed by atoms with Gasteiger partial charge in [-0.2, -0.15) is 4.73 Å². The average Bonchev–Trinajstić information content (AvgIpc) is 3.29. The summed E-state index contributed by atoms with van der Waals surface area (Å²) in [4.78, 5) is 17.1. The van der Waals surface area contributed by atoms with Gasteiger partial charge >= 0.3 is 5.69 Å².